The summed E-state index contributed by atoms with van der Waals surface area (Å²) >= 11 is 6.70. The third kappa shape index (κ3) is 1.83. The molecule has 0 bridgehead atoms. The zero-order valence-corrected chi connectivity index (χ0v) is 7.91. The smallest absolute Gasteiger partial charge is 0.105 e. The number of halogens is 2. The van der Waals surface area contributed by atoms with E-state index in [1.807, 2.05) is 0 Å². The molecule has 1 heterocycles. The van der Waals surface area contributed by atoms with E-state index in [0.717, 1.165) is 16.2 Å². The molecule has 1 aromatic rings. The van der Waals surface area contributed by atoms with Crippen LogP contribution >= 0.6 is 31.9 Å². The Morgan fingerprint density at radius 1 is 1.44 bits per heavy atom. The standard InChI is InChI=1S/C6H6Br2O/c7-2-1-5-3-9-4-6(5)8/h3-4H,1-2H2. The van der Waals surface area contributed by atoms with Gasteiger partial charge in [0.2, 0.25) is 0 Å². The van der Waals surface area contributed by atoms with Gasteiger partial charge in [0, 0.05) is 10.9 Å². The van der Waals surface area contributed by atoms with Gasteiger partial charge in [-0.25, -0.2) is 0 Å². The highest BCUT2D eigenvalue weighted by Crippen LogP contribution is 2.18. The highest BCUT2D eigenvalue weighted by molar-refractivity contribution is 9.10. The Labute approximate surface area is 70.7 Å². The molecule has 0 unspecified atom stereocenters. The summed E-state index contributed by atoms with van der Waals surface area (Å²) in [4.78, 5) is 0. The van der Waals surface area contributed by atoms with Crippen molar-refractivity contribution in [3.8, 4) is 0 Å². The number of rotatable bonds is 2. The highest BCUT2D eigenvalue weighted by Gasteiger charge is 1.98. The molecule has 1 rings (SSSR count). The Balaban J connectivity index is 2.69. The monoisotopic (exact) mass is 252 g/mol. The lowest BCUT2D eigenvalue weighted by Gasteiger charge is -1.88. The quantitative estimate of drug-likeness (QED) is 0.739. The van der Waals surface area contributed by atoms with E-state index in [-0.39, 0.29) is 0 Å². The number of aryl methyl sites for hydroxylation is 1. The zero-order chi connectivity index (χ0) is 6.69. The summed E-state index contributed by atoms with van der Waals surface area (Å²) in [7, 11) is 0. The van der Waals surface area contributed by atoms with Gasteiger partial charge in [-0.15, -0.1) is 0 Å². The summed E-state index contributed by atoms with van der Waals surface area (Å²) < 4.78 is 5.99. The first kappa shape index (κ1) is 7.35. The van der Waals surface area contributed by atoms with Gasteiger partial charge < -0.3 is 4.42 Å². The number of furan rings is 1. The first-order chi connectivity index (χ1) is 4.34. The van der Waals surface area contributed by atoms with Gasteiger partial charge in [0.05, 0.1) is 10.7 Å². The van der Waals surface area contributed by atoms with Gasteiger partial charge in [0.15, 0.2) is 0 Å². The van der Waals surface area contributed by atoms with E-state index in [1.54, 1.807) is 12.5 Å². The van der Waals surface area contributed by atoms with E-state index >= 15 is 0 Å². The van der Waals surface area contributed by atoms with Gasteiger partial charge in [-0.05, 0) is 22.4 Å². The van der Waals surface area contributed by atoms with Crippen molar-refractivity contribution in [1.29, 1.82) is 0 Å². The maximum atomic E-state index is 4.93. The molecule has 1 aromatic heterocycles. The summed E-state index contributed by atoms with van der Waals surface area (Å²) in [6, 6.07) is 0. The average molecular weight is 254 g/mol. The molecule has 0 aliphatic rings. The predicted octanol–water partition coefficient (Wildman–Crippen LogP) is 2.98. The van der Waals surface area contributed by atoms with E-state index in [0.29, 0.717) is 0 Å². The van der Waals surface area contributed by atoms with Crippen molar-refractivity contribution >= 4 is 31.9 Å². The molecule has 9 heavy (non-hydrogen) atoms. The fourth-order valence-electron chi connectivity index (χ4n) is 0.588. The lowest BCUT2D eigenvalue weighted by Crippen LogP contribution is -1.80. The summed E-state index contributed by atoms with van der Waals surface area (Å²) in [6.45, 7) is 0. The SMILES string of the molecule is BrCCc1cocc1Br. The molecule has 0 atom stereocenters. The molecule has 0 aliphatic heterocycles. The second-order valence-electron chi connectivity index (χ2n) is 1.68. The normalized spacial score (nSPS) is 10.0. The second kappa shape index (κ2) is 3.42. The summed E-state index contributed by atoms with van der Waals surface area (Å²) in [5.74, 6) is 0. The van der Waals surface area contributed by atoms with Gasteiger partial charge in [-0.2, -0.15) is 0 Å². The zero-order valence-electron chi connectivity index (χ0n) is 4.73. The first-order valence-corrected chi connectivity index (χ1v) is 4.52. The van der Waals surface area contributed by atoms with Crippen LogP contribution in [-0.4, -0.2) is 5.33 Å². The molecule has 0 amide bonds. The molecule has 0 aromatic carbocycles. The van der Waals surface area contributed by atoms with Crippen LogP contribution in [0.2, 0.25) is 0 Å². The Bertz CT molecular complexity index is 183. The Morgan fingerprint density at radius 3 is 2.67 bits per heavy atom. The fraction of sp³-hybridized carbons (Fsp3) is 0.333. The summed E-state index contributed by atoms with van der Waals surface area (Å²) in [6.07, 6.45) is 4.46. The lowest BCUT2D eigenvalue weighted by atomic mass is 10.3. The van der Waals surface area contributed by atoms with E-state index in [9.17, 15) is 0 Å². The predicted molar refractivity (Wildman–Crippen MR) is 43.9 cm³/mol. The molecule has 3 heteroatoms. The second-order valence-corrected chi connectivity index (χ2v) is 3.33. The van der Waals surface area contributed by atoms with Crippen LogP contribution < -0.4 is 0 Å². The van der Waals surface area contributed by atoms with Crippen LogP contribution in [0.15, 0.2) is 21.4 Å². The van der Waals surface area contributed by atoms with Gasteiger partial charge >= 0.3 is 0 Å². The fourth-order valence-corrected chi connectivity index (χ4v) is 1.41. The molecule has 0 saturated carbocycles. The van der Waals surface area contributed by atoms with Gasteiger partial charge in [0.25, 0.3) is 0 Å². The molecule has 50 valence electrons. The maximum absolute atomic E-state index is 4.93. The molecular formula is C6H6Br2O. The van der Waals surface area contributed by atoms with Crippen LogP contribution in [0.3, 0.4) is 0 Å². The van der Waals surface area contributed by atoms with Crippen LogP contribution in [0, 0.1) is 0 Å². The molecule has 0 aliphatic carbocycles. The van der Waals surface area contributed by atoms with Crippen LogP contribution in [0.5, 0.6) is 0 Å². The molecule has 0 saturated heterocycles. The Hall–Kier alpha value is 0.240. The third-order valence-electron chi connectivity index (χ3n) is 1.05. The summed E-state index contributed by atoms with van der Waals surface area (Å²) in [5, 5.41) is 0.977. The van der Waals surface area contributed by atoms with Crippen molar-refractivity contribution in [3.63, 3.8) is 0 Å². The van der Waals surface area contributed by atoms with Crippen molar-refractivity contribution in [2.45, 2.75) is 6.42 Å². The molecular weight excluding hydrogens is 248 g/mol. The minimum Gasteiger partial charge on any atom is -0.471 e. The van der Waals surface area contributed by atoms with Crippen molar-refractivity contribution in [1.82, 2.24) is 0 Å². The van der Waals surface area contributed by atoms with E-state index in [4.69, 9.17) is 4.42 Å². The number of alkyl halides is 1. The Kier molecular flexibility index (Phi) is 2.79. The molecule has 0 N–H and O–H groups in total. The van der Waals surface area contributed by atoms with Crippen LogP contribution in [0.4, 0.5) is 0 Å². The molecule has 0 fully saturated rings. The van der Waals surface area contributed by atoms with Crippen molar-refractivity contribution in [2.24, 2.45) is 0 Å². The third-order valence-corrected chi connectivity index (χ3v) is 2.15. The molecule has 0 spiro atoms. The number of hydrogen-bond donors (Lipinski definition) is 0. The van der Waals surface area contributed by atoms with Crippen molar-refractivity contribution in [3.05, 3.63) is 22.6 Å². The van der Waals surface area contributed by atoms with Gasteiger partial charge in [-0.3, -0.25) is 0 Å². The van der Waals surface area contributed by atoms with Crippen LogP contribution in [-0.2, 0) is 6.42 Å². The Morgan fingerprint density at radius 2 is 2.22 bits per heavy atom. The van der Waals surface area contributed by atoms with Crippen molar-refractivity contribution < 1.29 is 4.42 Å². The van der Waals surface area contributed by atoms with Crippen LogP contribution in [0.1, 0.15) is 5.56 Å². The average Bonchev–Trinajstić information content (AvgIpc) is 2.18. The summed E-state index contributed by atoms with van der Waals surface area (Å²) in [5.41, 5.74) is 1.21. The van der Waals surface area contributed by atoms with Gasteiger partial charge in [-0.1, -0.05) is 15.9 Å². The van der Waals surface area contributed by atoms with E-state index in [2.05, 4.69) is 31.9 Å². The molecule has 1 nitrogen and oxygen atoms in total. The van der Waals surface area contributed by atoms with Crippen molar-refractivity contribution in [2.75, 3.05) is 5.33 Å². The number of hydrogen-bond acceptors (Lipinski definition) is 1. The van der Waals surface area contributed by atoms with Gasteiger partial charge in [0.1, 0.15) is 6.26 Å². The van der Waals surface area contributed by atoms with Crippen LogP contribution in [0.25, 0.3) is 0 Å². The minimum atomic E-state index is 0.977. The van der Waals surface area contributed by atoms with E-state index in [1.165, 1.54) is 5.56 Å². The highest BCUT2D eigenvalue weighted by atomic mass is 79.9. The largest absolute Gasteiger partial charge is 0.471 e. The minimum absolute atomic E-state index is 0.977. The molecule has 0 radical (unpaired) electrons. The topological polar surface area (TPSA) is 13.1 Å². The first-order valence-electron chi connectivity index (χ1n) is 2.61. The lowest BCUT2D eigenvalue weighted by molar-refractivity contribution is 0.563. The maximum Gasteiger partial charge on any atom is 0.105 e. The van der Waals surface area contributed by atoms with E-state index < -0.39 is 0 Å².